The Bertz CT molecular complexity index is 1470. The number of amides is 1. The van der Waals surface area contributed by atoms with E-state index in [9.17, 15) is 4.79 Å². The van der Waals surface area contributed by atoms with E-state index in [0.29, 0.717) is 10.8 Å². The Morgan fingerprint density at radius 2 is 1.77 bits per heavy atom. The molecule has 3 heterocycles. The number of methoxy groups -OCH3 is 1. The van der Waals surface area contributed by atoms with Crippen molar-refractivity contribution >= 4 is 34.6 Å². The van der Waals surface area contributed by atoms with Gasteiger partial charge in [0.05, 0.1) is 17.8 Å². The maximum absolute atomic E-state index is 12.0. The van der Waals surface area contributed by atoms with E-state index in [4.69, 9.17) is 17.0 Å². The largest absolute Gasteiger partial charge is 0.375 e. The Labute approximate surface area is 234 Å². The minimum atomic E-state index is -0.198. The fourth-order valence-corrected chi connectivity index (χ4v) is 5.69. The number of hydrogen-bond donors (Lipinski definition) is 2. The molecule has 2 aromatic carbocycles. The van der Waals surface area contributed by atoms with Crippen molar-refractivity contribution in [1.29, 1.82) is 0 Å². The van der Waals surface area contributed by atoms with Crippen LogP contribution < -0.4 is 15.5 Å². The molecular formula is C31H33N5O2S. The van der Waals surface area contributed by atoms with Crippen LogP contribution >= 0.6 is 12.2 Å². The highest BCUT2D eigenvalue weighted by atomic mass is 32.1. The average molecular weight is 540 g/mol. The zero-order chi connectivity index (χ0) is 27.5. The normalized spacial score (nSPS) is 16.8. The van der Waals surface area contributed by atoms with E-state index in [1.54, 1.807) is 0 Å². The number of aryl methyl sites for hydroxylation is 2. The molecule has 2 unspecified atom stereocenters. The number of benzene rings is 2. The molecule has 1 aliphatic rings. The van der Waals surface area contributed by atoms with Gasteiger partial charge in [-0.15, -0.1) is 0 Å². The van der Waals surface area contributed by atoms with Gasteiger partial charge in [0.1, 0.15) is 6.61 Å². The van der Waals surface area contributed by atoms with Crippen molar-refractivity contribution in [3.05, 3.63) is 107 Å². The van der Waals surface area contributed by atoms with E-state index in [-0.39, 0.29) is 24.6 Å². The van der Waals surface area contributed by atoms with Crippen LogP contribution in [0.5, 0.6) is 0 Å². The standard InChI is InChI=1S/C31H33N5O2S/c1-5-22-9-13-24(14-10-22)35-20(2)18-26(21(35)3)30-29(27-8-6-7-17-32-27)34-31(39)36(30)25-15-11-23(12-16-25)33-28(37)19-38-4/h6-18,29-30H,5,19H2,1-4H3,(H,33,37)(H,34,39). The number of ether oxygens (including phenoxy) is 1. The lowest BCUT2D eigenvalue weighted by atomic mass is 9.96. The lowest BCUT2D eigenvalue weighted by Gasteiger charge is -2.28. The summed E-state index contributed by atoms with van der Waals surface area (Å²) in [4.78, 5) is 18.8. The summed E-state index contributed by atoms with van der Waals surface area (Å²) in [5.74, 6) is -0.198. The van der Waals surface area contributed by atoms with Gasteiger partial charge in [-0.25, -0.2) is 0 Å². The highest BCUT2D eigenvalue weighted by Gasteiger charge is 2.42. The Morgan fingerprint density at radius 1 is 1.05 bits per heavy atom. The molecule has 1 saturated heterocycles. The molecule has 1 amide bonds. The molecule has 39 heavy (non-hydrogen) atoms. The number of carbonyl (C=O) groups excluding carboxylic acids is 1. The van der Waals surface area contributed by atoms with Crippen LogP contribution in [0.1, 0.15) is 47.2 Å². The molecule has 2 N–H and O–H groups in total. The van der Waals surface area contributed by atoms with Gasteiger partial charge in [0.25, 0.3) is 0 Å². The van der Waals surface area contributed by atoms with Crippen molar-refractivity contribution in [2.45, 2.75) is 39.3 Å². The summed E-state index contributed by atoms with van der Waals surface area (Å²) >= 11 is 5.91. The molecule has 2 aromatic heterocycles. The lowest BCUT2D eigenvalue weighted by Crippen LogP contribution is -2.29. The Hall–Kier alpha value is -4.01. The quantitative estimate of drug-likeness (QED) is 0.275. The minimum absolute atomic E-state index is 0.00645. The predicted molar refractivity (Wildman–Crippen MR) is 160 cm³/mol. The smallest absolute Gasteiger partial charge is 0.250 e. The molecule has 0 radical (unpaired) electrons. The third-order valence-corrected chi connectivity index (χ3v) is 7.51. The summed E-state index contributed by atoms with van der Waals surface area (Å²) in [6.45, 7) is 6.48. The fourth-order valence-electron chi connectivity index (χ4n) is 5.35. The Morgan fingerprint density at radius 3 is 2.41 bits per heavy atom. The number of aromatic nitrogens is 2. The second-order valence-corrected chi connectivity index (χ2v) is 10.1. The maximum Gasteiger partial charge on any atom is 0.250 e. The number of nitrogens with zero attached hydrogens (tertiary/aromatic N) is 3. The molecule has 7 nitrogen and oxygen atoms in total. The van der Waals surface area contributed by atoms with Crippen LogP contribution in [-0.2, 0) is 16.0 Å². The molecule has 8 heteroatoms. The molecule has 1 fully saturated rings. The van der Waals surface area contributed by atoms with Crippen molar-refractivity contribution in [2.75, 3.05) is 23.9 Å². The summed E-state index contributed by atoms with van der Waals surface area (Å²) < 4.78 is 7.23. The summed E-state index contributed by atoms with van der Waals surface area (Å²) in [5, 5.41) is 7.02. The van der Waals surface area contributed by atoms with Crippen LogP contribution in [0.2, 0.25) is 0 Å². The van der Waals surface area contributed by atoms with Crippen LogP contribution in [0.25, 0.3) is 5.69 Å². The first kappa shape index (κ1) is 26.6. The second-order valence-electron chi connectivity index (χ2n) is 9.71. The predicted octanol–water partition coefficient (Wildman–Crippen LogP) is 5.81. The Balaban J connectivity index is 1.57. The third kappa shape index (κ3) is 5.30. The average Bonchev–Trinajstić information content (AvgIpc) is 3.44. The van der Waals surface area contributed by atoms with Crippen molar-refractivity contribution in [3.63, 3.8) is 0 Å². The number of rotatable bonds is 8. The maximum atomic E-state index is 12.0. The highest BCUT2D eigenvalue weighted by molar-refractivity contribution is 7.80. The summed E-state index contributed by atoms with van der Waals surface area (Å²) in [6, 6.07) is 24.4. The topological polar surface area (TPSA) is 71.4 Å². The van der Waals surface area contributed by atoms with Gasteiger partial charge in [0.2, 0.25) is 5.91 Å². The van der Waals surface area contributed by atoms with E-state index in [1.165, 1.54) is 18.2 Å². The van der Waals surface area contributed by atoms with E-state index in [2.05, 4.69) is 76.2 Å². The SMILES string of the molecule is CCc1ccc(-n2c(C)cc(C3C(c4ccccn4)NC(=S)N3c3ccc(NC(=O)COC)cc3)c2C)cc1. The number of hydrogen-bond acceptors (Lipinski definition) is 4. The van der Waals surface area contributed by atoms with E-state index >= 15 is 0 Å². The van der Waals surface area contributed by atoms with Gasteiger partial charge in [0.15, 0.2) is 5.11 Å². The van der Waals surface area contributed by atoms with Crippen LogP contribution in [0.15, 0.2) is 79.0 Å². The number of nitrogens with one attached hydrogen (secondary N) is 2. The number of thiocarbonyl (C=S) groups is 1. The Kier molecular flexibility index (Phi) is 7.77. The number of carbonyl (C=O) groups is 1. The molecule has 2 atom stereocenters. The van der Waals surface area contributed by atoms with Gasteiger partial charge in [-0.05, 0) is 98.2 Å². The molecule has 0 spiro atoms. The van der Waals surface area contributed by atoms with E-state index < -0.39 is 0 Å². The monoisotopic (exact) mass is 539 g/mol. The molecule has 5 rings (SSSR count). The van der Waals surface area contributed by atoms with Gasteiger partial charge in [0, 0.05) is 41.8 Å². The van der Waals surface area contributed by atoms with Crippen LogP contribution in [-0.4, -0.2) is 34.3 Å². The zero-order valence-corrected chi connectivity index (χ0v) is 23.5. The molecule has 200 valence electrons. The number of pyridine rings is 1. The molecule has 0 aliphatic carbocycles. The van der Waals surface area contributed by atoms with Gasteiger partial charge in [-0.3, -0.25) is 9.78 Å². The van der Waals surface area contributed by atoms with Gasteiger partial charge >= 0.3 is 0 Å². The van der Waals surface area contributed by atoms with Gasteiger partial charge < -0.3 is 24.8 Å². The van der Waals surface area contributed by atoms with Gasteiger partial charge in [-0.1, -0.05) is 25.1 Å². The van der Waals surface area contributed by atoms with Crippen LogP contribution in [0.4, 0.5) is 11.4 Å². The molecular weight excluding hydrogens is 506 g/mol. The third-order valence-electron chi connectivity index (χ3n) is 7.19. The lowest BCUT2D eigenvalue weighted by molar-refractivity contribution is -0.119. The number of anilines is 2. The van der Waals surface area contributed by atoms with Gasteiger partial charge in [-0.2, -0.15) is 0 Å². The van der Waals surface area contributed by atoms with Crippen molar-refractivity contribution in [1.82, 2.24) is 14.9 Å². The van der Waals surface area contributed by atoms with Crippen molar-refractivity contribution < 1.29 is 9.53 Å². The molecule has 1 aliphatic heterocycles. The zero-order valence-electron chi connectivity index (χ0n) is 22.6. The van der Waals surface area contributed by atoms with Crippen LogP contribution in [0, 0.1) is 13.8 Å². The second kappa shape index (κ2) is 11.4. The fraction of sp³-hybridized carbons (Fsp3) is 0.258. The summed E-state index contributed by atoms with van der Waals surface area (Å²) in [6.07, 6.45) is 2.83. The van der Waals surface area contributed by atoms with Crippen molar-refractivity contribution in [3.8, 4) is 5.69 Å². The first-order valence-corrected chi connectivity index (χ1v) is 13.5. The molecule has 0 saturated carbocycles. The molecule has 0 bridgehead atoms. The summed E-state index contributed by atoms with van der Waals surface area (Å²) in [7, 11) is 1.50. The first-order chi connectivity index (χ1) is 18.9. The van der Waals surface area contributed by atoms with Crippen LogP contribution in [0.3, 0.4) is 0 Å². The first-order valence-electron chi connectivity index (χ1n) is 13.1. The van der Waals surface area contributed by atoms with E-state index in [0.717, 1.165) is 34.9 Å². The highest BCUT2D eigenvalue weighted by Crippen LogP contribution is 2.44. The summed E-state index contributed by atoms with van der Waals surface area (Å²) in [5.41, 5.74) is 8.49. The minimum Gasteiger partial charge on any atom is -0.375 e. The molecule has 4 aromatic rings. The van der Waals surface area contributed by atoms with Crippen molar-refractivity contribution in [2.24, 2.45) is 0 Å². The van der Waals surface area contributed by atoms with E-state index in [1.807, 2.05) is 48.7 Å².